The first-order valence-electron chi connectivity index (χ1n) is 9.72. The molecular weight excluding hydrogens is 462 g/mol. The molecule has 0 spiro atoms. The van der Waals surface area contributed by atoms with Crippen LogP contribution in [0.1, 0.15) is 11.1 Å². The van der Waals surface area contributed by atoms with Gasteiger partial charge in [0.25, 0.3) is 5.69 Å². The lowest BCUT2D eigenvalue weighted by Gasteiger charge is -2.06. The molecule has 168 valence electrons. The van der Waals surface area contributed by atoms with Gasteiger partial charge < -0.3 is 14.6 Å². The van der Waals surface area contributed by atoms with Crippen LogP contribution in [0.5, 0.6) is 17.2 Å². The summed E-state index contributed by atoms with van der Waals surface area (Å²) in [5.74, 6) is 1.85. The third-order valence-corrected chi connectivity index (χ3v) is 6.98. The number of methoxy groups -OCH3 is 2. The number of nitrogens with zero attached hydrogens (tertiary/aromatic N) is 3. The van der Waals surface area contributed by atoms with Crippen molar-refractivity contribution in [3.05, 3.63) is 75.8 Å². The Morgan fingerprint density at radius 3 is 2.76 bits per heavy atom. The lowest BCUT2D eigenvalue weighted by Crippen LogP contribution is -1.94. The van der Waals surface area contributed by atoms with Gasteiger partial charge in [-0.25, -0.2) is 4.98 Å². The van der Waals surface area contributed by atoms with Gasteiger partial charge in [0, 0.05) is 35.2 Å². The predicted octanol–water partition coefficient (Wildman–Crippen LogP) is 5.97. The van der Waals surface area contributed by atoms with Crippen LogP contribution in [0, 0.1) is 10.1 Å². The number of nitro benzene ring substituents is 1. The van der Waals surface area contributed by atoms with Crippen molar-refractivity contribution >= 4 is 50.9 Å². The van der Waals surface area contributed by atoms with E-state index in [-0.39, 0.29) is 11.4 Å². The first-order valence-corrected chi connectivity index (χ1v) is 11.5. The van der Waals surface area contributed by atoms with E-state index >= 15 is 0 Å². The largest absolute Gasteiger partial charge is 0.507 e. The summed E-state index contributed by atoms with van der Waals surface area (Å²) >= 11 is 3.01. The van der Waals surface area contributed by atoms with Gasteiger partial charge in [-0.3, -0.25) is 15.1 Å². The number of aromatic nitrogens is 1. The number of nitro groups is 1. The van der Waals surface area contributed by atoms with E-state index in [1.807, 2.05) is 18.2 Å². The van der Waals surface area contributed by atoms with E-state index in [4.69, 9.17) is 9.47 Å². The number of thioether (sulfide) groups is 1. The second-order valence-corrected chi connectivity index (χ2v) is 9.11. The summed E-state index contributed by atoms with van der Waals surface area (Å²) in [4.78, 5) is 19.8. The molecule has 0 amide bonds. The van der Waals surface area contributed by atoms with Crippen LogP contribution in [0.15, 0.2) is 63.9 Å². The molecule has 0 saturated heterocycles. The Labute approximate surface area is 197 Å². The first kappa shape index (κ1) is 22.6. The number of rotatable bonds is 8. The summed E-state index contributed by atoms with van der Waals surface area (Å²) in [5, 5.41) is 21.1. The maximum absolute atomic E-state index is 11.1. The first-order chi connectivity index (χ1) is 16.0. The van der Waals surface area contributed by atoms with Crippen molar-refractivity contribution < 1.29 is 19.5 Å². The van der Waals surface area contributed by atoms with Crippen LogP contribution in [0.4, 0.5) is 11.4 Å². The molecule has 4 rings (SSSR count). The van der Waals surface area contributed by atoms with Gasteiger partial charge in [0.1, 0.15) is 17.2 Å². The van der Waals surface area contributed by atoms with Crippen molar-refractivity contribution in [1.82, 2.24) is 4.98 Å². The van der Waals surface area contributed by atoms with Crippen LogP contribution in [0.25, 0.3) is 10.2 Å². The van der Waals surface area contributed by atoms with Crippen LogP contribution in [-0.2, 0) is 5.75 Å². The van der Waals surface area contributed by atoms with Gasteiger partial charge in [-0.1, -0.05) is 11.8 Å². The Hall–Kier alpha value is -3.63. The SMILES string of the molecule is COc1ccc(O)c(C=Nc2ccc3nc(SCc4cc([N+](=O)[O-])ccc4OC)sc3c2)c1. The highest BCUT2D eigenvalue weighted by Gasteiger charge is 2.13. The molecule has 0 atom stereocenters. The second-order valence-electron chi connectivity index (χ2n) is 6.86. The molecule has 1 aromatic heterocycles. The Morgan fingerprint density at radius 1 is 1.15 bits per heavy atom. The molecule has 8 nitrogen and oxygen atoms in total. The lowest BCUT2D eigenvalue weighted by atomic mass is 10.2. The van der Waals surface area contributed by atoms with Crippen LogP contribution in [-0.4, -0.2) is 35.4 Å². The molecule has 10 heteroatoms. The van der Waals surface area contributed by atoms with Gasteiger partial charge in [-0.15, -0.1) is 11.3 Å². The molecular formula is C23H19N3O5S2. The number of hydrogen-bond acceptors (Lipinski definition) is 9. The topological polar surface area (TPSA) is 107 Å². The van der Waals surface area contributed by atoms with Crippen molar-refractivity contribution in [2.45, 2.75) is 10.1 Å². The Bertz CT molecular complexity index is 1350. The Morgan fingerprint density at radius 2 is 2.00 bits per heavy atom. The molecule has 0 aliphatic carbocycles. The van der Waals surface area contributed by atoms with Crippen molar-refractivity contribution in [2.75, 3.05) is 14.2 Å². The molecule has 0 fully saturated rings. The van der Waals surface area contributed by atoms with Crippen molar-refractivity contribution in [1.29, 1.82) is 0 Å². The third-order valence-electron chi connectivity index (χ3n) is 4.77. The standard InChI is InChI=1S/C23H19N3O5S2/c1-30-18-5-7-20(27)14(10-18)12-24-16-3-6-19-22(11-16)33-23(25-19)32-13-15-9-17(26(28)29)4-8-21(15)31-2/h3-12,27H,13H2,1-2H3. The zero-order valence-corrected chi connectivity index (χ0v) is 19.4. The van der Waals surface area contributed by atoms with E-state index in [0.29, 0.717) is 22.8 Å². The molecule has 0 aliphatic heterocycles. The van der Waals surface area contributed by atoms with E-state index < -0.39 is 4.92 Å². The second kappa shape index (κ2) is 9.88. The van der Waals surface area contributed by atoms with Crippen LogP contribution < -0.4 is 9.47 Å². The lowest BCUT2D eigenvalue weighted by molar-refractivity contribution is -0.384. The van der Waals surface area contributed by atoms with Crippen molar-refractivity contribution in [3.63, 3.8) is 0 Å². The van der Waals surface area contributed by atoms with Gasteiger partial charge >= 0.3 is 0 Å². The summed E-state index contributed by atoms with van der Waals surface area (Å²) in [6.45, 7) is 0. The minimum absolute atomic E-state index is 0.0280. The van der Waals surface area contributed by atoms with Gasteiger partial charge in [0.05, 0.1) is 35.0 Å². The van der Waals surface area contributed by atoms with Crippen LogP contribution in [0.3, 0.4) is 0 Å². The summed E-state index contributed by atoms with van der Waals surface area (Å²) in [6, 6.07) is 15.2. The average Bonchev–Trinajstić information content (AvgIpc) is 3.24. The summed E-state index contributed by atoms with van der Waals surface area (Å²) in [6.07, 6.45) is 1.59. The molecule has 0 saturated carbocycles. The number of thiazole rings is 1. The fourth-order valence-electron chi connectivity index (χ4n) is 3.07. The van der Waals surface area contributed by atoms with Crippen molar-refractivity contribution in [3.8, 4) is 17.2 Å². The third kappa shape index (κ3) is 5.24. The maximum Gasteiger partial charge on any atom is 0.270 e. The number of non-ortho nitro benzene ring substituents is 1. The van der Waals surface area contributed by atoms with Crippen LogP contribution in [0.2, 0.25) is 0 Å². The fourth-order valence-corrected chi connectivity index (χ4v) is 5.15. The Kier molecular flexibility index (Phi) is 6.76. The summed E-state index contributed by atoms with van der Waals surface area (Å²) < 4.78 is 12.3. The number of aliphatic imine (C=N–C) groups is 1. The minimum Gasteiger partial charge on any atom is -0.507 e. The number of ether oxygens (including phenoxy) is 2. The summed E-state index contributed by atoms with van der Waals surface area (Å²) in [5.41, 5.74) is 2.89. The zero-order chi connectivity index (χ0) is 23.4. The number of benzene rings is 3. The number of aromatic hydroxyl groups is 1. The molecule has 1 heterocycles. The van der Waals surface area contributed by atoms with E-state index in [1.165, 1.54) is 35.2 Å². The highest BCUT2D eigenvalue weighted by Crippen LogP contribution is 2.36. The molecule has 3 aromatic carbocycles. The van der Waals surface area contributed by atoms with E-state index in [2.05, 4.69) is 9.98 Å². The molecule has 0 radical (unpaired) electrons. The highest BCUT2D eigenvalue weighted by atomic mass is 32.2. The monoisotopic (exact) mass is 481 g/mol. The predicted molar refractivity (Wildman–Crippen MR) is 131 cm³/mol. The molecule has 4 aromatic rings. The molecule has 0 unspecified atom stereocenters. The summed E-state index contributed by atoms with van der Waals surface area (Å²) in [7, 11) is 3.11. The maximum atomic E-state index is 11.1. The van der Waals surface area contributed by atoms with E-state index in [1.54, 1.807) is 44.7 Å². The van der Waals surface area contributed by atoms with Crippen molar-refractivity contribution in [2.24, 2.45) is 4.99 Å². The van der Waals surface area contributed by atoms with E-state index in [9.17, 15) is 15.2 Å². The number of phenols is 1. The molecule has 33 heavy (non-hydrogen) atoms. The quantitative estimate of drug-likeness (QED) is 0.143. The Balaban J connectivity index is 1.52. The van der Waals surface area contributed by atoms with Gasteiger partial charge in [-0.05, 0) is 42.5 Å². The zero-order valence-electron chi connectivity index (χ0n) is 17.7. The normalized spacial score (nSPS) is 11.2. The minimum atomic E-state index is -0.418. The molecule has 0 bridgehead atoms. The molecule has 1 N–H and O–H groups in total. The smallest absolute Gasteiger partial charge is 0.270 e. The van der Waals surface area contributed by atoms with Gasteiger partial charge in [-0.2, -0.15) is 0 Å². The fraction of sp³-hybridized carbons (Fsp3) is 0.130. The number of phenolic OH excluding ortho intramolecular Hbond substituents is 1. The van der Waals surface area contributed by atoms with Gasteiger partial charge in [0.15, 0.2) is 4.34 Å². The number of fused-ring (bicyclic) bond motifs is 1. The average molecular weight is 482 g/mol. The molecule has 0 aliphatic rings. The van der Waals surface area contributed by atoms with Gasteiger partial charge in [0.2, 0.25) is 0 Å². The number of hydrogen-bond donors (Lipinski definition) is 1. The van der Waals surface area contributed by atoms with Crippen LogP contribution >= 0.6 is 23.1 Å². The van der Waals surface area contributed by atoms with E-state index in [0.717, 1.165) is 25.8 Å². The highest BCUT2D eigenvalue weighted by molar-refractivity contribution is 8.00.